The zero-order chi connectivity index (χ0) is 17.5. The van der Waals surface area contributed by atoms with Crippen molar-refractivity contribution in [3.8, 4) is 5.75 Å². The molecule has 1 aromatic carbocycles. The minimum atomic E-state index is -0.169. The van der Waals surface area contributed by atoms with Crippen molar-refractivity contribution in [2.45, 2.75) is 0 Å². The lowest BCUT2D eigenvalue weighted by molar-refractivity contribution is -0.111. The number of anilines is 3. The number of methoxy groups -OCH3 is 1. The number of nitrogens with one attached hydrogen (secondary N) is 2. The van der Waals surface area contributed by atoms with Crippen molar-refractivity contribution < 1.29 is 9.53 Å². The van der Waals surface area contributed by atoms with Gasteiger partial charge in [-0.3, -0.25) is 9.69 Å². The van der Waals surface area contributed by atoms with Crippen molar-refractivity contribution in [1.29, 1.82) is 0 Å². The van der Waals surface area contributed by atoms with Crippen molar-refractivity contribution in [2.24, 2.45) is 0 Å². The second-order valence-electron chi connectivity index (χ2n) is 5.95. The summed E-state index contributed by atoms with van der Waals surface area (Å²) >= 11 is 0. The maximum Gasteiger partial charge on any atom is 0.248 e. The molecule has 1 aliphatic heterocycles. The second-order valence-corrected chi connectivity index (χ2v) is 5.95. The topological polar surface area (TPSA) is 82.9 Å². The Balaban J connectivity index is 2.01. The van der Waals surface area contributed by atoms with Gasteiger partial charge < -0.3 is 26.0 Å². The predicted octanol–water partition coefficient (Wildman–Crippen LogP) is 0.743. The fourth-order valence-electron chi connectivity index (χ4n) is 2.61. The van der Waals surface area contributed by atoms with Gasteiger partial charge in [-0.1, -0.05) is 6.08 Å². The largest absolute Gasteiger partial charge is 0.495 e. The Morgan fingerprint density at radius 2 is 2.12 bits per heavy atom. The predicted molar refractivity (Wildman–Crippen MR) is 98.8 cm³/mol. The summed E-state index contributed by atoms with van der Waals surface area (Å²) in [5.41, 5.74) is 7.94. The molecule has 4 N–H and O–H groups in total. The first-order valence-electron chi connectivity index (χ1n) is 8.06. The molecule has 1 amide bonds. The highest BCUT2D eigenvalue weighted by Crippen LogP contribution is 2.34. The summed E-state index contributed by atoms with van der Waals surface area (Å²) in [7, 11) is 5.38. The first kappa shape index (κ1) is 18.1. The molecule has 2 rings (SSSR count). The molecule has 7 heteroatoms. The number of piperazine rings is 1. The van der Waals surface area contributed by atoms with Gasteiger partial charge in [-0.15, -0.1) is 0 Å². The molecule has 0 unspecified atom stereocenters. The van der Waals surface area contributed by atoms with E-state index in [4.69, 9.17) is 10.5 Å². The first-order chi connectivity index (χ1) is 11.5. The molecular weight excluding hydrogens is 306 g/mol. The maximum absolute atomic E-state index is 12.2. The van der Waals surface area contributed by atoms with Gasteiger partial charge in [0.15, 0.2) is 0 Å². The Hall–Kier alpha value is -2.25. The van der Waals surface area contributed by atoms with E-state index in [1.165, 1.54) is 0 Å². The fourth-order valence-corrected chi connectivity index (χ4v) is 2.61. The molecule has 1 aromatic rings. The summed E-state index contributed by atoms with van der Waals surface area (Å²) in [6.45, 7) is 4.78. The summed E-state index contributed by atoms with van der Waals surface area (Å²) in [5.74, 6) is 0.420. The molecule has 0 radical (unpaired) electrons. The SMILES string of the molecule is COc1cc(N(C)C)c(NC(=O)/C=C/CN2CCNCC2)cc1N. The quantitative estimate of drug-likeness (QED) is 0.526. The Labute approximate surface area is 143 Å². The molecule has 24 heavy (non-hydrogen) atoms. The Kier molecular flexibility index (Phi) is 6.45. The first-order valence-corrected chi connectivity index (χ1v) is 8.06. The lowest BCUT2D eigenvalue weighted by Crippen LogP contribution is -2.43. The summed E-state index contributed by atoms with van der Waals surface area (Å²) in [6.07, 6.45) is 3.46. The molecule has 0 bridgehead atoms. The molecule has 132 valence electrons. The van der Waals surface area contributed by atoms with Crippen LogP contribution in [-0.2, 0) is 4.79 Å². The lowest BCUT2D eigenvalue weighted by atomic mass is 10.2. The molecule has 1 saturated heterocycles. The van der Waals surface area contributed by atoms with Crippen LogP contribution < -0.4 is 26.0 Å². The Morgan fingerprint density at radius 1 is 1.42 bits per heavy atom. The van der Waals surface area contributed by atoms with Crippen LogP contribution in [0.25, 0.3) is 0 Å². The number of amides is 1. The van der Waals surface area contributed by atoms with E-state index < -0.39 is 0 Å². The smallest absolute Gasteiger partial charge is 0.248 e. The second kappa shape index (κ2) is 8.56. The number of nitrogen functional groups attached to an aromatic ring is 1. The van der Waals surface area contributed by atoms with Crippen LogP contribution in [0.5, 0.6) is 5.75 Å². The summed E-state index contributed by atoms with van der Waals surface area (Å²) in [6, 6.07) is 3.53. The Morgan fingerprint density at radius 3 is 2.75 bits per heavy atom. The van der Waals surface area contributed by atoms with Gasteiger partial charge in [-0.05, 0) is 6.07 Å². The standard InChI is InChI=1S/C17H27N5O2/c1-21(2)15-12-16(24-3)13(18)11-14(15)20-17(23)5-4-8-22-9-6-19-7-10-22/h4-5,11-12,19H,6-10,18H2,1-3H3,(H,20,23)/b5-4+. The van der Waals surface area contributed by atoms with E-state index in [2.05, 4.69) is 15.5 Å². The van der Waals surface area contributed by atoms with Crippen LogP contribution in [0.15, 0.2) is 24.3 Å². The van der Waals surface area contributed by atoms with Gasteiger partial charge in [0.25, 0.3) is 0 Å². The van der Waals surface area contributed by atoms with Crippen LogP contribution in [0.2, 0.25) is 0 Å². The van der Waals surface area contributed by atoms with Crippen LogP contribution in [0.1, 0.15) is 0 Å². The van der Waals surface area contributed by atoms with Crippen LogP contribution in [0.3, 0.4) is 0 Å². The maximum atomic E-state index is 12.2. The minimum Gasteiger partial charge on any atom is -0.495 e. The van der Waals surface area contributed by atoms with Gasteiger partial charge in [0, 0.05) is 59.0 Å². The van der Waals surface area contributed by atoms with E-state index in [1.54, 1.807) is 19.3 Å². The molecule has 1 heterocycles. The average Bonchev–Trinajstić information content (AvgIpc) is 2.55. The molecule has 0 spiro atoms. The van der Waals surface area contributed by atoms with Crippen LogP contribution in [0, 0.1) is 0 Å². The number of hydrogen-bond donors (Lipinski definition) is 3. The van der Waals surface area contributed by atoms with Crippen molar-refractivity contribution in [1.82, 2.24) is 10.2 Å². The van der Waals surface area contributed by atoms with E-state index in [-0.39, 0.29) is 5.91 Å². The number of nitrogens with zero attached hydrogens (tertiary/aromatic N) is 2. The molecule has 0 aliphatic carbocycles. The summed E-state index contributed by atoms with van der Waals surface area (Å²) in [5, 5.41) is 6.19. The fraction of sp³-hybridized carbons (Fsp3) is 0.471. The van der Waals surface area contributed by atoms with Gasteiger partial charge >= 0.3 is 0 Å². The zero-order valence-electron chi connectivity index (χ0n) is 14.6. The number of carbonyl (C=O) groups excluding carboxylic acids is 1. The Bertz CT molecular complexity index is 595. The number of carbonyl (C=O) groups is 1. The van der Waals surface area contributed by atoms with Crippen LogP contribution in [0.4, 0.5) is 17.1 Å². The molecule has 1 aliphatic rings. The highest BCUT2D eigenvalue weighted by Gasteiger charge is 2.12. The molecule has 0 atom stereocenters. The number of ether oxygens (including phenoxy) is 1. The third-order valence-corrected chi connectivity index (χ3v) is 3.93. The number of nitrogens with two attached hydrogens (primary N) is 1. The number of hydrogen-bond acceptors (Lipinski definition) is 6. The van der Waals surface area contributed by atoms with Crippen molar-refractivity contribution in [3.63, 3.8) is 0 Å². The molecule has 7 nitrogen and oxygen atoms in total. The van der Waals surface area contributed by atoms with Crippen molar-refractivity contribution >= 4 is 23.0 Å². The van der Waals surface area contributed by atoms with Gasteiger partial charge in [-0.25, -0.2) is 0 Å². The van der Waals surface area contributed by atoms with Gasteiger partial charge in [0.2, 0.25) is 5.91 Å². The monoisotopic (exact) mass is 333 g/mol. The third kappa shape index (κ3) is 4.87. The van der Waals surface area contributed by atoms with E-state index in [0.717, 1.165) is 38.4 Å². The van der Waals surface area contributed by atoms with E-state index in [1.807, 2.05) is 31.1 Å². The third-order valence-electron chi connectivity index (χ3n) is 3.93. The summed E-state index contributed by atoms with van der Waals surface area (Å²) in [4.78, 5) is 16.4. The average molecular weight is 333 g/mol. The van der Waals surface area contributed by atoms with Gasteiger partial charge in [-0.2, -0.15) is 0 Å². The highest BCUT2D eigenvalue weighted by atomic mass is 16.5. The zero-order valence-corrected chi connectivity index (χ0v) is 14.6. The number of rotatable bonds is 6. The van der Waals surface area contributed by atoms with E-state index >= 15 is 0 Å². The van der Waals surface area contributed by atoms with E-state index in [9.17, 15) is 4.79 Å². The highest BCUT2D eigenvalue weighted by molar-refractivity contribution is 6.02. The molecule has 0 aromatic heterocycles. The lowest BCUT2D eigenvalue weighted by Gasteiger charge is -2.25. The van der Waals surface area contributed by atoms with E-state index in [0.29, 0.717) is 17.1 Å². The van der Waals surface area contributed by atoms with Crippen molar-refractivity contribution in [2.75, 3.05) is 69.9 Å². The summed E-state index contributed by atoms with van der Waals surface area (Å²) < 4.78 is 5.24. The van der Waals surface area contributed by atoms with Gasteiger partial charge in [0.05, 0.1) is 24.2 Å². The van der Waals surface area contributed by atoms with Crippen LogP contribution in [-0.4, -0.2) is 64.7 Å². The minimum absolute atomic E-state index is 0.169. The van der Waals surface area contributed by atoms with Crippen LogP contribution >= 0.6 is 0 Å². The normalized spacial score (nSPS) is 15.5. The van der Waals surface area contributed by atoms with Gasteiger partial charge in [0.1, 0.15) is 5.75 Å². The molecule has 1 fully saturated rings. The van der Waals surface area contributed by atoms with Crippen molar-refractivity contribution in [3.05, 3.63) is 24.3 Å². The number of benzene rings is 1. The molecular formula is C17H27N5O2. The molecule has 0 saturated carbocycles.